The maximum atomic E-state index is 13.4. The Labute approximate surface area is 211 Å². The molecule has 0 aliphatic carbocycles. The van der Waals surface area contributed by atoms with E-state index in [0.717, 1.165) is 21.5 Å². The number of benzene rings is 3. The molecule has 9 heteroatoms. The Hall–Kier alpha value is -2.94. The van der Waals surface area contributed by atoms with E-state index >= 15 is 0 Å². The highest BCUT2D eigenvalue weighted by Crippen LogP contribution is 2.22. The highest BCUT2D eigenvalue weighted by Gasteiger charge is 2.30. The average molecular weight is 516 g/mol. The minimum atomic E-state index is -3.94. The van der Waals surface area contributed by atoms with E-state index in [9.17, 15) is 18.0 Å². The monoisotopic (exact) mass is 515 g/mol. The number of hydrogen-bond acceptors (Lipinski definition) is 4. The lowest BCUT2D eigenvalue weighted by molar-refractivity contribution is -0.140. The van der Waals surface area contributed by atoms with Crippen LogP contribution < -0.4 is 5.32 Å². The quantitative estimate of drug-likeness (QED) is 0.441. The third kappa shape index (κ3) is 6.39. The molecule has 3 aromatic carbocycles. The summed E-state index contributed by atoms with van der Waals surface area (Å²) in [7, 11) is -2.58. The van der Waals surface area contributed by atoms with Gasteiger partial charge in [0, 0.05) is 25.2 Å². The van der Waals surface area contributed by atoms with E-state index in [4.69, 9.17) is 11.6 Å². The number of carbonyl (C=O) groups is 2. The van der Waals surface area contributed by atoms with Crippen molar-refractivity contribution in [1.29, 1.82) is 0 Å². The molecular weight excluding hydrogens is 486 g/mol. The standard InChI is InChI=1S/C26H30ClN3O4S/c1-4-15-28-26(32)19(2)30(17-22-11-7-8-12-24(22)27)25(31)18-29(3)35(33,34)23-14-13-20-9-5-6-10-21(20)16-23/h5-14,16,19H,4,15,17-18H2,1-3H3,(H,28,32)/t19-/m0/s1. The van der Waals surface area contributed by atoms with Crippen LogP contribution in [0.15, 0.2) is 71.6 Å². The molecule has 2 amide bonds. The SMILES string of the molecule is CCCNC(=O)[C@H](C)N(Cc1ccccc1Cl)C(=O)CN(C)S(=O)(=O)c1ccc2ccccc2c1. The van der Waals surface area contributed by atoms with Gasteiger partial charge in [0.15, 0.2) is 0 Å². The van der Waals surface area contributed by atoms with E-state index in [0.29, 0.717) is 17.1 Å². The van der Waals surface area contributed by atoms with Crippen molar-refractivity contribution in [3.05, 3.63) is 77.3 Å². The minimum absolute atomic E-state index is 0.0725. The molecule has 0 aliphatic rings. The van der Waals surface area contributed by atoms with Crippen LogP contribution in [-0.4, -0.2) is 55.6 Å². The summed E-state index contributed by atoms with van der Waals surface area (Å²) in [5.74, 6) is -0.816. The van der Waals surface area contributed by atoms with E-state index in [-0.39, 0.29) is 17.3 Å². The molecule has 0 radical (unpaired) electrons. The number of amides is 2. The fourth-order valence-electron chi connectivity index (χ4n) is 3.66. The Morgan fingerprint density at radius 1 is 1.00 bits per heavy atom. The van der Waals surface area contributed by atoms with Crippen LogP contribution in [-0.2, 0) is 26.2 Å². The fourth-order valence-corrected chi connectivity index (χ4v) is 5.01. The number of halogens is 1. The lowest BCUT2D eigenvalue weighted by Gasteiger charge is -2.30. The van der Waals surface area contributed by atoms with Crippen LogP contribution >= 0.6 is 11.6 Å². The number of sulfonamides is 1. The Morgan fingerprint density at radius 2 is 1.66 bits per heavy atom. The van der Waals surface area contributed by atoms with Crippen molar-refractivity contribution in [3.63, 3.8) is 0 Å². The van der Waals surface area contributed by atoms with Crippen LogP contribution in [0, 0.1) is 0 Å². The molecule has 0 aromatic heterocycles. The molecule has 0 saturated carbocycles. The van der Waals surface area contributed by atoms with Gasteiger partial charge in [0.1, 0.15) is 6.04 Å². The molecule has 0 unspecified atom stereocenters. The van der Waals surface area contributed by atoms with Gasteiger partial charge in [0.25, 0.3) is 0 Å². The van der Waals surface area contributed by atoms with Crippen LogP contribution in [0.3, 0.4) is 0 Å². The lowest BCUT2D eigenvalue weighted by Crippen LogP contribution is -2.50. The number of carbonyl (C=O) groups excluding carboxylic acids is 2. The Bertz CT molecular complexity index is 1310. The molecule has 0 fully saturated rings. The molecule has 7 nitrogen and oxygen atoms in total. The topological polar surface area (TPSA) is 86.8 Å². The van der Waals surface area contributed by atoms with Crippen LogP contribution in [0.25, 0.3) is 10.8 Å². The third-order valence-corrected chi connectivity index (χ3v) is 7.97. The molecule has 35 heavy (non-hydrogen) atoms. The Balaban J connectivity index is 1.85. The molecule has 3 aromatic rings. The van der Waals surface area contributed by atoms with Crippen molar-refractivity contribution in [3.8, 4) is 0 Å². The van der Waals surface area contributed by atoms with Crippen LogP contribution in [0.1, 0.15) is 25.8 Å². The van der Waals surface area contributed by atoms with Gasteiger partial charge >= 0.3 is 0 Å². The summed E-state index contributed by atoms with van der Waals surface area (Å²) in [5, 5.41) is 4.96. The van der Waals surface area contributed by atoms with Crippen molar-refractivity contribution >= 4 is 44.2 Å². The first-order chi connectivity index (χ1) is 16.6. The molecule has 0 spiro atoms. The first-order valence-corrected chi connectivity index (χ1v) is 13.2. The molecule has 1 N–H and O–H groups in total. The highest BCUT2D eigenvalue weighted by atomic mass is 35.5. The zero-order chi connectivity index (χ0) is 25.6. The molecule has 0 saturated heterocycles. The van der Waals surface area contributed by atoms with Crippen molar-refractivity contribution in [2.45, 2.75) is 37.8 Å². The van der Waals surface area contributed by atoms with Gasteiger partial charge in [-0.25, -0.2) is 8.42 Å². The summed E-state index contributed by atoms with van der Waals surface area (Å²) in [4.78, 5) is 27.5. The maximum absolute atomic E-state index is 13.4. The molecule has 3 rings (SSSR count). The van der Waals surface area contributed by atoms with E-state index in [1.807, 2.05) is 31.2 Å². The largest absolute Gasteiger partial charge is 0.354 e. The van der Waals surface area contributed by atoms with E-state index in [1.54, 1.807) is 43.3 Å². The fraction of sp³-hybridized carbons (Fsp3) is 0.308. The smallest absolute Gasteiger partial charge is 0.243 e. The molecular formula is C26H30ClN3O4S. The van der Waals surface area contributed by atoms with E-state index in [2.05, 4.69) is 5.32 Å². The normalized spacial score (nSPS) is 12.5. The highest BCUT2D eigenvalue weighted by molar-refractivity contribution is 7.89. The van der Waals surface area contributed by atoms with Gasteiger partial charge in [-0.15, -0.1) is 0 Å². The van der Waals surface area contributed by atoms with Gasteiger partial charge < -0.3 is 10.2 Å². The summed E-state index contributed by atoms with van der Waals surface area (Å²) in [6.45, 7) is 3.68. The van der Waals surface area contributed by atoms with Crippen molar-refractivity contribution < 1.29 is 18.0 Å². The average Bonchev–Trinajstić information content (AvgIpc) is 2.85. The number of nitrogens with one attached hydrogen (secondary N) is 1. The second-order valence-electron chi connectivity index (χ2n) is 8.35. The second-order valence-corrected chi connectivity index (χ2v) is 10.8. The molecule has 186 valence electrons. The molecule has 0 bridgehead atoms. The number of rotatable bonds is 10. The first-order valence-electron chi connectivity index (χ1n) is 11.4. The van der Waals surface area contributed by atoms with E-state index < -0.39 is 28.5 Å². The number of likely N-dealkylation sites (N-methyl/N-ethyl adjacent to an activating group) is 1. The third-order valence-electron chi connectivity index (χ3n) is 5.80. The predicted octanol–water partition coefficient (Wildman–Crippen LogP) is 4.06. The van der Waals surface area contributed by atoms with Crippen LogP contribution in [0.2, 0.25) is 5.02 Å². The van der Waals surface area contributed by atoms with Gasteiger partial charge in [-0.2, -0.15) is 4.31 Å². The summed E-state index contributed by atoms with van der Waals surface area (Å²) < 4.78 is 27.5. The van der Waals surface area contributed by atoms with Crippen molar-refractivity contribution in [2.24, 2.45) is 0 Å². The number of nitrogens with zero attached hydrogens (tertiary/aromatic N) is 2. The van der Waals surface area contributed by atoms with Gasteiger partial charge in [-0.05, 0) is 47.9 Å². The second kappa shape index (κ2) is 11.7. The number of hydrogen-bond donors (Lipinski definition) is 1. The lowest BCUT2D eigenvalue weighted by atomic mass is 10.1. The number of fused-ring (bicyclic) bond motifs is 1. The maximum Gasteiger partial charge on any atom is 0.243 e. The first kappa shape index (κ1) is 26.7. The van der Waals surface area contributed by atoms with E-state index in [1.165, 1.54) is 18.0 Å². The minimum Gasteiger partial charge on any atom is -0.354 e. The summed E-state index contributed by atoms with van der Waals surface area (Å²) >= 11 is 6.30. The Morgan fingerprint density at radius 3 is 2.34 bits per heavy atom. The zero-order valence-electron chi connectivity index (χ0n) is 20.1. The predicted molar refractivity (Wildman–Crippen MR) is 139 cm³/mol. The molecule has 0 aliphatic heterocycles. The van der Waals surface area contributed by atoms with Gasteiger partial charge in [-0.3, -0.25) is 9.59 Å². The van der Waals surface area contributed by atoms with Gasteiger partial charge in [-0.1, -0.05) is 67.1 Å². The van der Waals surface area contributed by atoms with Crippen molar-refractivity contribution in [2.75, 3.05) is 20.1 Å². The van der Waals surface area contributed by atoms with Crippen LogP contribution in [0.5, 0.6) is 0 Å². The zero-order valence-corrected chi connectivity index (χ0v) is 21.6. The summed E-state index contributed by atoms with van der Waals surface area (Å²) in [6.07, 6.45) is 0.754. The molecule has 1 atom stereocenters. The Kier molecular flexibility index (Phi) is 8.88. The summed E-state index contributed by atoms with van der Waals surface area (Å²) in [6, 6.07) is 18.5. The van der Waals surface area contributed by atoms with Crippen molar-refractivity contribution in [1.82, 2.24) is 14.5 Å². The van der Waals surface area contributed by atoms with Crippen LogP contribution in [0.4, 0.5) is 0 Å². The van der Waals surface area contributed by atoms with Gasteiger partial charge in [0.2, 0.25) is 21.8 Å². The summed E-state index contributed by atoms with van der Waals surface area (Å²) in [5.41, 5.74) is 0.665. The molecule has 0 heterocycles. The van der Waals surface area contributed by atoms with Gasteiger partial charge in [0.05, 0.1) is 11.4 Å².